The molecular formula is C23H22N6O2. The molecule has 0 bridgehead atoms. The van der Waals surface area contributed by atoms with E-state index in [0.29, 0.717) is 30.2 Å². The van der Waals surface area contributed by atoms with E-state index in [1.54, 1.807) is 41.6 Å². The van der Waals surface area contributed by atoms with Crippen molar-refractivity contribution in [2.75, 3.05) is 31.5 Å². The Morgan fingerprint density at radius 3 is 2.58 bits per heavy atom. The van der Waals surface area contributed by atoms with E-state index in [1.807, 2.05) is 18.2 Å². The minimum atomic E-state index is -0.155. The standard InChI is InChI=1S/C23H22N6O2/c24-15-18-4-6-20(7-5-18)31-21-3-1-2-19(14-21)17-28-10-12-29(13-11-28)23(30)27-22-16-25-8-9-26-22/h1-9,14,16H,10-13,17H2,(H,26,27,30). The molecule has 4 rings (SSSR count). The largest absolute Gasteiger partial charge is 0.457 e. The summed E-state index contributed by atoms with van der Waals surface area (Å²) in [4.78, 5) is 24.5. The number of piperazine rings is 1. The summed E-state index contributed by atoms with van der Waals surface area (Å²) in [5.41, 5.74) is 1.74. The number of carbonyl (C=O) groups excluding carboxylic acids is 1. The van der Waals surface area contributed by atoms with E-state index in [-0.39, 0.29) is 6.03 Å². The molecule has 0 unspecified atom stereocenters. The third kappa shape index (κ3) is 5.56. The fourth-order valence-electron chi connectivity index (χ4n) is 3.36. The van der Waals surface area contributed by atoms with E-state index >= 15 is 0 Å². The molecule has 1 aliphatic rings. The fourth-order valence-corrected chi connectivity index (χ4v) is 3.36. The minimum Gasteiger partial charge on any atom is -0.457 e. The van der Waals surface area contributed by atoms with Gasteiger partial charge in [0.1, 0.15) is 11.5 Å². The van der Waals surface area contributed by atoms with Crippen molar-refractivity contribution in [2.45, 2.75) is 6.54 Å². The summed E-state index contributed by atoms with van der Waals surface area (Å²) in [7, 11) is 0. The molecule has 8 nitrogen and oxygen atoms in total. The van der Waals surface area contributed by atoms with Gasteiger partial charge in [-0.05, 0) is 42.0 Å². The number of hydrogen-bond acceptors (Lipinski definition) is 6. The Kier molecular flexibility index (Phi) is 6.35. The summed E-state index contributed by atoms with van der Waals surface area (Å²) < 4.78 is 5.91. The number of urea groups is 1. The molecule has 8 heteroatoms. The van der Waals surface area contributed by atoms with Gasteiger partial charge in [0, 0.05) is 45.1 Å². The van der Waals surface area contributed by atoms with Crippen LogP contribution in [0.5, 0.6) is 11.5 Å². The first-order chi connectivity index (χ1) is 15.2. The molecule has 1 saturated heterocycles. The maximum absolute atomic E-state index is 12.4. The average Bonchev–Trinajstić information content (AvgIpc) is 2.81. The zero-order valence-corrected chi connectivity index (χ0v) is 16.9. The van der Waals surface area contributed by atoms with E-state index in [4.69, 9.17) is 10.00 Å². The molecule has 0 saturated carbocycles. The van der Waals surface area contributed by atoms with Gasteiger partial charge in [-0.1, -0.05) is 12.1 Å². The third-order valence-corrected chi connectivity index (χ3v) is 4.98. The van der Waals surface area contributed by atoms with Gasteiger partial charge in [0.25, 0.3) is 0 Å². The molecule has 2 aromatic carbocycles. The first kappa shape index (κ1) is 20.3. The highest BCUT2D eigenvalue weighted by molar-refractivity contribution is 5.88. The van der Waals surface area contributed by atoms with Crippen LogP contribution in [0.15, 0.2) is 67.1 Å². The van der Waals surface area contributed by atoms with Crippen LogP contribution in [-0.2, 0) is 6.54 Å². The number of ether oxygens (including phenoxy) is 1. The number of carbonyl (C=O) groups is 1. The molecule has 0 aliphatic carbocycles. The van der Waals surface area contributed by atoms with Gasteiger partial charge in [-0.2, -0.15) is 5.26 Å². The molecule has 1 fully saturated rings. The van der Waals surface area contributed by atoms with Crippen LogP contribution in [0.4, 0.5) is 10.6 Å². The van der Waals surface area contributed by atoms with E-state index in [9.17, 15) is 4.79 Å². The van der Waals surface area contributed by atoms with Crippen LogP contribution in [0.3, 0.4) is 0 Å². The van der Waals surface area contributed by atoms with Gasteiger partial charge in [-0.25, -0.2) is 9.78 Å². The van der Waals surface area contributed by atoms with Gasteiger partial charge in [-0.15, -0.1) is 0 Å². The van der Waals surface area contributed by atoms with Crippen LogP contribution < -0.4 is 10.1 Å². The summed E-state index contributed by atoms with van der Waals surface area (Å²) in [6, 6.07) is 17.0. The lowest BCUT2D eigenvalue weighted by atomic mass is 10.2. The number of benzene rings is 2. The molecule has 1 N–H and O–H groups in total. The van der Waals surface area contributed by atoms with Crippen molar-refractivity contribution in [3.63, 3.8) is 0 Å². The Balaban J connectivity index is 1.29. The predicted octanol–water partition coefficient (Wildman–Crippen LogP) is 3.49. The summed E-state index contributed by atoms with van der Waals surface area (Å²) >= 11 is 0. The molecule has 3 aromatic rings. The zero-order chi connectivity index (χ0) is 21.5. The molecule has 31 heavy (non-hydrogen) atoms. The number of aromatic nitrogens is 2. The second kappa shape index (κ2) is 9.69. The molecule has 1 aromatic heterocycles. The van der Waals surface area contributed by atoms with Crippen LogP contribution in [0, 0.1) is 11.3 Å². The van der Waals surface area contributed by atoms with Gasteiger partial charge >= 0.3 is 6.03 Å². The second-order valence-electron chi connectivity index (χ2n) is 7.17. The number of nitrogens with zero attached hydrogens (tertiary/aromatic N) is 5. The number of anilines is 1. The fraction of sp³-hybridized carbons (Fsp3) is 0.217. The topological polar surface area (TPSA) is 94.4 Å². The molecule has 156 valence electrons. The Labute approximate surface area is 180 Å². The lowest BCUT2D eigenvalue weighted by Gasteiger charge is -2.34. The quantitative estimate of drug-likeness (QED) is 0.687. The lowest BCUT2D eigenvalue weighted by Crippen LogP contribution is -2.49. The minimum absolute atomic E-state index is 0.155. The summed E-state index contributed by atoms with van der Waals surface area (Å²) in [6.45, 7) is 3.65. The van der Waals surface area contributed by atoms with Gasteiger partial charge in [0.2, 0.25) is 0 Å². The number of hydrogen-bond donors (Lipinski definition) is 1. The maximum Gasteiger partial charge on any atom is 0.323 e. The van der Waals surface area contributed by atoms with E-state index in [0.717, 1.165) is 30.9 Å². The van der Waals surface area contributed by atoms with Crippen LogP contribution >= 0.6 is 0 Å². The van der Waals surface area contributed by atoms with Crippen molar-refractivity contribution in [1.29, 1.82) is 5.26 Å². The number of amides is 2. The van der Waals surface area contributed by atoms with Crippen molar-refractivity contribution in [3.8, 4) is 17.6 Å². The van der Waals surface area contributed by atoms with Crippen LogP contribution in [0.1, 0.15) is 11.1 Å². The molecule has 2 heterocycles. The van der Waals surface area contributed by atoms with Gasteiger partial charge in [-0.3, -0.25) is 15.2 Å². The smallest absolute Gasteiger partial charge is 0.323 e. The first-order valence-electron chi connectivity index (χ1n) is 10.0. The highest BCUT2D eigenvalue weighted by atomic mass is 16.5. The first-order valence-corrected chi connectivity index (χ1v) is 10.0. The Morgan fingerprint density at radius 2 is 1.87 bits per heavy atom. The average molecular weight is 414 g/mol. The predicted molar refractivity (Wildman–Crippen MR) is 116 cm³/mol. The van der Waals surface area contributed by atoms with Crippen molar-refractivity contribution >= 4 is 11.8 Å². The number of nitrogens with one attached hydrogen (secondary N) is 1. The van der Waals surface area contributed by atoms with Crippen LogP contribution in [-0.4, -0.2) is 52.0 Å². The number of nitriles is 1. The van der Waals surface area contributed by atoms with Gasteiger partial charge in [0.05, 0.1) is 17.8 Å². The molecule has 1 aliphatic heterocycles. The molecular weight excluding hydrogens is 392 g/mol. The third-order valence-electron chi connectivity index (χ3n) is 4.98. The maximum atomic E-state index is 12.4. The van der Waals surface area contributed by atoms with E-state index in [1.165, 1.54) is 6.20 Å². The van der Waals surface area contributed by atoms with Crippen molar-refractivity contribution in [2.24, 2.45) is 0 Å². The molecule has 0 spiro atoms. The Bertz CT molecular complexity index is 1060. The van der Waals surface area contributed by atoms with Crippen molar-refractivity contribution in [1.82, 2.24) is 19.8 Å². The summed E-state index contributed by atoms with van der Waals surface area (Å²) in [5.74, 6) is 1.90. The molecule has 0 radical (unpaired) electrons. The van der Waals surface area contributed by atoms with Crippen LogP contribution in [0.2, 0.25) is 0 Å². The Morgan fingerprint density at radius 1 is 1.06 bits per heavy atom. The second-order valence-corrected chi connectivity index (χ2v) is 7.17. The van der Waals surface area contributed by atoms with Gasteiger partial charge in [0.15, 0.2) is 5.82 Å². The highest BCUT2D eigenvalue weighted by Gasteiger charge is 2.21. The van der Waals surface area contributed by atoms with Gasteiger partial charge < -0.3 is 9.64 Å². The highest BCUT2D eigenvalue weighted by Crippen LogP contribution is 2.23. The lowest BCUT2D eigenvalue weighted by molar-refractivity contribution is 0.143. The van der Waals surface area contributed by atoms with E-state index in [2.05, 4.69) is 32.3 Å². The monoisotopic (exact) mass is 414 g/mol. The van der Waals surface area contributed by atoms with Crippen molar-refractivity contribution in [3.05, 3.63) is 78.2 Å². The van der Waals surface area contributed by atoms with E-state index < -0.39 is 0 Å². The molecule has 2 amide bonds. The summed E-state index contributed by atoms with van der Waals surface area (Å²) in [5, 5.41) is 11.7. The normalized spacial score (nSPS) is 14.0. The summed E-state index contributed by atoms with van der Waals surface area (Å²) in [6.07, 6.45) is 4.65. The van der Waals surface area contributed by atoms with Crippen LogP contribution in [0.25, 0.3) is 0 Å². The Hall–Kier alpha value is -3.96. The van der Waals surface area contributed by atoms with Crippen molar-refractivity contribution < 1.29 is 9.53 Å². The number of rotatable bonds is 5. The zero-order valence-electron chi connectivity index (χ0n) is 16.9. The SMILES string of the molecule is N#Cc1ccc(Oc2cccc(CN3CCN(C(=O)Nc4cnccn4)CC3)c2)cc1. The molecule has 0 atom stereocenters.